The molecule has 86 valence electrons. The standard InChI is InChI=1S/C10H15N5O/c1-2-3-5-4-6(16)13-9-7(5)8(11)14-10(12)15-9/h5H,2-4H2,1H3,(H5,11,12,13,14,15,16). The Hall–Kier alpha value is -1.85. The van der Waals surface area contributed by atoms with Crippen molar-refractivity contribution in [1.29, 1.82) is 0 Å². The van der Waals surface area contributed by atoms with Crippen LogP contribution in [0.4, 0.5) is 17.6 Å². The number of hydrogen-bond donors (Lipinski definition) is 3. The second kappa shape index (κ2) is 3.96. The maximum absolute atomic E-state index is 11.5. The summed E-state index contributed by atoms with van der Waals surface area (Å²) in [5.74, 6) is 1.01. The van der Waals surface area contributed by atoms with Crippen LogP contribution in [0.1, 0.15) is 37.7 Å². The Labute approximate surface area is 93.4 Å². The number of rotatable bonds is 2. The third-order valence-corrected chi connectivity index (χ3v) is 2.73. The summed E-state index contributed by atoms with van der Waals surface area (Å²) in [5, 5.41) is 2.68. The molecule has 0 aromatic carbocycles. The number of nitrogen functional groups attached to an aromatic ring is 2. The van der Waals surface area contributed by atoms with Crippen LogP contribution in [0.5, 0.6) is 0 Å². The number of hydrogen-bond acceptors (Lipinski definition) is 5. The molecule has 0 aliphatic carbocycles. The summed E-state index contributed by atoms with van der Waals surface area (Å²) in [5.41, 5.74) is 12.1. The fraction of sp³-hybridized carbons (Fsp3) is 0.500. The normalized spacial score (nSPS) is 19.1. The zero-order valence-corrected chi connectivity index (χ0v) is 9.16. The molecule has 1 atom stereocenters. The maximum atomic E-state index is 11.5. The van der Waals surface area contributed by atoms with Crippen LogP contribution in [0.25, 0.3) is 0 Å². The van der Waals surface area contributed by atoms with Gasteiger partial charge in [0.25, 0.3) is 0 Å². The van der Waals surface area contributed by atoms with Crippen molar-refractivity contribution in [3.05, 3.63) is 5.56 Å². The minimum absolute atomic E-state index is 0.0385. The minimum atomic E-state index is -0.0385. The quantitative estimate of drug-likeness (QED) is 0.686. The van der Waals surface area contributed by atoms with Gasteiger partial charge >= 0.3 is 0 Å². The molecule has 16 heavy (non-hydrogen) atoms. The fourth-order valence-corrected chi connectivity index (χ4v) is 2.11. The van der Waals surface area contributed by atoms with Gasteiger partial charge in [-0.05, 0) is 12.3 Å². The van der Waals surface area contributed by atoms with E-state index in [0.29, 0.717) is 18.1 Å². The zero-order valence-electron chi connectivity index (χ0n) is 9.16. The van der Waals surface area contributed by atoms with Crippen molar-refractivity contribution < 1.29 is 4.79 Å². The molecule has 1 aliphatic rings. The van der Waals surface area contributed by atoms with Crippen LogP contribution in [0.3, 0.4) is 0 Å². The Morgan fingerprint density at radius 1 is 1.44 bits per heavy atom. The zero-order chi connectivity index (χ0) is 11.7. The van der Waals surface area contributed by atoms with Crippen molar-refractivity contribution in [3.8, 4) is 0 Å². The molecule has 0 saturated carbocycles. The molecule has 0 spiro atoms. The molecule has 5 N–H and O–H groups in total. The number of nitrogens with zero attached hydrogens (tertiary/aromatic N) is 2. The Morgan fingerprint density at radius 2 is 2.19 bits per heavy atom. The van der Waals surface area contributed by atoms with Crippen molar-refractivity contribution in [1.82, 2.24) is 9.97 Å². The van der Waals surface area contributed by atoms with E-state index in [1.807, 2.05) is 0 Å². The predicted octanol–water partition coefficient (Wildman–Crippen LogP) is 0.867. The fourth-order valence-electron chi connectivity index (χ4n) is 2.11. The highest BCUT2D eigenvalue weighted by atomic mass is 16.1. The van der Waals surface area contributed by atoms with Gasteiger partial charge in [0.05, 0.1) is 0 Å². The van der Waals surface area contributed by atoms with Gasteiger partial charge in [0, 0.05) is 12.0 Å². The lowest BCUT2D eigenvalue weighted by molar-refractivity contribution is -0.116. The molecule has 2 rings (SSSR count). The minimum Gasteiger partial charge on any atom is -0.383 e. The van der Waals surface area contributed by atoms with Crippen LogP contribution in [0.2, 0.25) is 0 Å². The Kier molecular flexibility index (Phi) is 2.64. The van der Waals surface area contributed by atoms with Crippen molar-refractivity contribution in [2.75, 3.05) is 16.8 Å². The Bertz CT molecular complexity index is 431. The molecule has 2 heterocycles. The van der Waals surface area contributed by atoms with Gasteiger partial charge in [0.2, 0.25) is 11.9 Å². The van der Waals surface area contributed by atoms with Crippen molar-refractivity contribution in [2.45, 2.75) is 32.1 Å². The van der Waals surface area contributed by atoms with Crippen molar-refractivity contribution in [3.63, 3.8) is 0 Å². The number of fused-ring (bicyclic) bond motifs is 1. The highest BCUT2D eigenvalue weighted by Crippen LogP contribution is 2.37. The van der Waals surface area contributed by atoms with Crippen molar-refractivity contribution >= 4 is 23.5 Å². The van der Waals surface area contributed by atoms with Gasteiger partial charge in [-0.2, -0.15) is 9.97 Å². The highest BCUT2D eigenvalue weighted by molar-refractivity contribution is 5.94. The second-order valence-corrected chi connectivity index (χ2v) is 3.97. The summed E-state index contributed by atoms with van der Waals surface area (Å²) in [6.07, 6.45) is 2.33. The molecule has 0 bridgehead atoms. The highest BCUT2D eigenvalue weighted by Gasteiger charge is 2.28. The molecular weight excluding hydrogens is 206 g/mol. The first-order valence-corrected chi connectivity index (χ1v) is 5.34. The predicted molar refractivity (Wildman–Crippen MR) is 61.8 cm³/mol. The first-order valence-electron chi connectivity index (χ1n) is 5.34. The van der Waals surface area contributed by atoms with Crippen LogP contribution in [-0.4, -0.2) is 15.9 Å². The van der Waals surface area contributed by atoms with E-state index in [1.165, 1.54) is 0 Å². The number of nitrogens with two attached hydrogens (primary N) is 2. The Balaban J connectivity index is 2.47. The van der Waals surface area contributed by atoms with E-state index in [1.54, 1.807) is 0 Å². The van der Waals surface area contributed by atoms with Gasteiger partial charge in [-0.25, -0.2) is 0 Å². The molecule has 0 radical (unpaired) electrons. The smallest absolute Gasteiger partial charge is 0.226 e. The van der Waals surface area contributed by atoms with E-state index >= 15 is 0 Å². The third-order valence-electron chi connectivity index (χ3n) is 2.73. The van der Waals surface area contributed by atoms with Crippen LogP contribution in [0.15, 0.2) is 0 Å². The van der Waals surface area contributed by atoms with E-state index in [-0.39, 0.29) is 17.8 Å². The van der Waals surface area contributed by atoms with E-state index in [4.69, 9.17) is 11.5 Å². The number of carbonyl (C=O) groups excluding carboxylic acids is 1. The largest absolute Gasteiger partial charge is 0.383 e. The summed E-state index contributed by atoms with van der Waals surface area (Å²) >= 11 is 0. The number of nitrogens with one attached hydrogen (secondary N) is 1. The molecular formula is C10H15N5O. The molecule has 1 amide bonds. The molecule has 1 aliphatic heterocycles. The monoisotopic (exact) mass is 221 g/mol. The van der Waals surface area contributed by atoms with E-state index < -0.39 is 0 Å². The SMILES string of the molecule is CCCC1CC(=O)Nc2nc(N)nc(N)c21. The first kappa shape index (κ1) is 10.7. The summed E-state index contributed by atoms with van der Waals surface area (Å²) in [6.45, 7) is 2.07. The number of aromatic nitrogens is 2. The molecule has 1 aromatic heterocycles. The second-order valence-electron chi connectivity index (χ2n) is 3.97. The lowest BCUT2D eigenvalue weighted by Crippen LogP contribution is -2.26. The van der Waals surface area contributed by atoms with Gasteiger partial charge in [-0.1, -0.05) is 13.3 Å². The van der Waals surface area contributed by atoms with Crippen LogP contribution in [-0.2, 0) is 4.79 Å². The van der Waals surface area contributed by atoms with E-state index in [0.717, 1.165) is 18.4 Å². The molecule has 0 fully saturated rings. The van der Waals surface area contributed by atoms with Gasteiger partial charge in [0.15, 0.2) is 0 Å². The topological polar surface area (TPSA) is 107 Å². The van der Waals surface area contributed by atoms with Crippen LogP contribution < -0.4 is 16.8 Å². The van der Waals surface area contributed by atoms with Crippen LogP contribution in [0, 0.1) is 0 Å². The first-order chi connectivity index (χ1) is 7.61. The summed E-state index contributed by atoms with van der Waals surface area (Å²) in [7, 11) is 0. The van der Waals surface area contributed by atoms with Gasteiger partial charge in [-0.3, -0.25) is 4.79 Å². The van der Waals surface area contributed by atoms with Crippen molar-refractivity contribution in [2.24, 2.45) is 0 Å². The molecule has 6 nitrogen and oxygen atoms in total. The molecule has 0 saturated heterocycles. The third kappa shape index (κ3) is 1.78. The maximum Gasteiger partial charge on any atom is 0.226 e. The van der Waals surface area contributed by atoms with Gasteiger partial charge in [0.1, 0.15) is 11.6 Å². The van der Waals surface area contributed by atoms with E-state index in [9.17, 15) is 4.79 Å². The molecule has 6 heteroatoms. The van der Waals surface area contributed by atoms with Crippen LogP contribution >= 0.6 is 0 Å². The Morgan fingerprint density at radius 3 is 2.88 bits per heavy atom. The average Bonchev–Trinajstić information content (AvgIpc) is 2.15. The number of amides is 1. The van der Waals surface area contributed by atoms with E-state index in [2.05, 4.69) is 22.2 Å². The lowest BCUT2D eigenvalue weighted by atomic mass is 9.89. The molecule has 1 aromatic rings. The summed E-state index contributed by atoms with van der Waals surface area (Å²) < 4.78 is 0. The lowest BCUT2D eigenvalue weighted by Gasteiger charge is -2.25. The number of anilines is 3. The molecule has 1 unspecified atom stereocenters. The van der Waals surface area contributed by atoms with Gasteiger partial charge in [-0.15, -0.1) is 0 Å². The summed E-state index contributed by atoms with van der Waals surface area (Å²) in [4.78, 5) is 19.4. The number of carbonyl (C=O) groups is 1. The average molecular weight is 221 g/mol. The van der Waals surface area contributed by atoms with Gasteiger partial charge < -0.3 is 16.8 Å². The summed E-state index contributed by atoms with van der Waals surface area (Å²) in [6, 6.07) is 0.